The molecule has 0 aliphatic carbocycles. The molecule has 0 saturated heterocycles. The third-order valence-corrected chi connectivity index (χ3v) is 7.84. The van der Waals surface area contributed by atoms with Crippen molar-refractivity contribution >= 4 is 44.9 Å². The monoisotopic (exact) mass is 368 g/mol. The molecule has 1 rings (SSSR count). The molecule has 0 atom stereocenters. The van der Waals surface area contributed by atoms with Gasteiger partial charge in [-0.1, -0.05) is 0 Å². The Morgan fingerprint density at radius 3 is 2.73 bits per heavy atom. The SMILES string of the molecule is Cc1ccccc1[O][SnH2][O][SnH3]. The standard InChI is InChI=1S/C7H8O.O.2Sn.5H/c1-6-4-2-3-5-7(6)8;;;;;;;;/h2-5,8H,1H3;;;;;;;;/q;;;+1;;;;;/p-1. The van der Waals surface area contributed by atoms with E-state index in [1.807, 2.05) is 18.2 Å². The van der Waals surface area contributed by atoms with E-state index in [2.05, 4.69) is 13.0 Å². The average molecular weight is 366 g/mol. The summed E-state index contributed by atoms with van der Waals surface area (Å²) in [7, 11) is 0. The summed E-state index contributed by atoms with van der Waals surface area (Å²) in [5.74, 6) is 1.01. The Bertz CT molecular complexity index is 227. The molecule has 0 unspecified atom stereocenters. The van der Waals surface area contributed by atoms with Crippen molar-refractivity contribution in [3.05, 3.63) is 29.8 Å². The minimum atomic E-state index is -1.27. The summed E-state index contributed by atoms with van der Waals surface area (Å²) in [6, 6.07) is 8.07. The molecule has 0 aromatic heterocycles. The molecular formula is C7H12O2Sn2. The van der Waals surface area contributed by atoms with Crippen LogP contribution in [0.2, 0.25) is 0 Å². The van der Waals surface area contributed by atoms with Gasteiger partial charge in [0.1, 0.15) is 0 Å². The maximum atomic E-state index is 5.53. The van der Waals surface area contributed by atoms with Gasteiger partial charge in [0.05, 0.1) is 0 Å². The van der Waals surface area contributed by atoms with Crippen molar-refractivity contribution in [2.45, 2.75) is 6.92 Å². The Kier molecular flexibility index (Phi) is 4.62. The quantitative estimate of drug-likeness (QED) is 0.683. The van der Waals surface area contributed by atoms with Crippen LogP contribution in [0, 0.1) is 6.92 Å². The minimum absolute atomic E-state index is 0.362. The van der Waals surface area contributed by atoms with Crippen molar-refractivity contribution in [3.8, 4) is 5.75 Å². The molecule has 2 nitrogen and oxygen atoms in total. The van der Waals surface area contributed by atoms with Gasteiger partial charge in [-0.25, -0.2) is 0 Å². The molecule has 0 radical (unpaired) electrons. The van der Waals surface area contributed by atoms with Gasteiger partial charge in [-0.3, -0.25) is 0 Å². The van der Waals surface area contributed by atoms with Gasteiger partial charge in [0.15, 0.2) is 0 Å². The molecule has 11 heavy (non-hydrogen) atoms. The van der Waals surface area contributed by atoms with Crippen molar-refractivity contribution in [2.24, 2.45) is 0 Å². The fourth-order valence-electron chi connectivity index (χ4n) is 0.841. The molecule has 0 bridgehead atoms. The molecule has 0 aliphatic heterocycles. The van der Waals surface area contributed by atoms with E-state index in [0.29, 0.717) is 22.9 Å². The van der Waals surface area contributed by atoms with Gasteiger partial charge in [-0.2, -0.15) is 0 Å². The van der Waals surface area contributed by atoms with Gasteiger partial charge in [-0.05, 0) is 0 Å². The van der Waals surface area contributed by atoms with Gasteiger partial charge in [0, 0.05) is 0 Å². The Morgan fingerprint density at radius 1 is 1.36 bits per heavy atom. The summed E-state index contributed by atoms with van der Waals surface area (Å²) < 4.78 is 10.7. The fraction of sp³-hybridized carbons (Fsp3) is 0.143. The van der Waals surface area contributed by atoms with E-state index in [9.17, 15) is 0 Å². The first-order valence-corrected chi connectivity index (χ1v) is 9.14. The zero-order chi connectivity index (χ0) is 8.10. The molecule has 0 amide bonds. The van der Waals surface area contributed by atoms with Gasteiger partial charge in [-0.15, -0.1) is 0 Å². The maximum absolute atomic E-state index is 5.53. The van der Waals surface area contributed by atoms with Gasteiger partial charge in [0.2, 0.25) is 0 Å². The second-order valence-corrected chi connectivity index (χ2v) is 16.5. The van der Waals surface area contributed by atoms with Crippen LogP contribution in [0.25, 0.3) is 0 Å². The second-order valence-electron chi connectivity index (χ2n) is 2.32. The van der Waals surface area contributed by atoms with Crippen molar-refractivity contribution < 1.29 is 4.49 Å². The number of hydrogen-bond donors (Lipinski definition) is 0. The van der Waals surface area contributed by atoms with Crippen LogP contribution in [-0.2, 0) is 1.41 Å². The first kappa shape index (κ1) is 9.66. The van der Waals surface area contributed by atoms with Crippen LogP contribution in [-0.4, -0.2) is 44.9 Å². The van der Waals surface area contributed by atoms with Crippen LogP contribution >= 0.6 is 0 Å². The van der Waals surface area contributed by atoms with Crippen molar-refractivity contribution in [1.29, 1.82) is 0 Å². The molecule has 60 valence electrons. The third-order valence-electron chi connectivity index (χ3n) is 1.43. The number of para-hydroxylation sites is 1. The average Bonchev–Trinajstić information content (AvgIpc) is 2.03. The Hall–Kier alpha value is 0.577. The normalized spacial score (nSPS) is 11.0. The summed E-state index contributed by atoms with van der Waals surface area (Å²) in [5, 5.41) is 0. The molecule has 0 spiro atoms. The van der Waals surface area contributed by atoms with E-state index < -0.39 is 22.0 Å². The Balaban J connectivity index is 2.62. The number of rotatable bonds is 3. The molecule has 0 aliphatic rings. The third kappa shape index (κ3) is 3.21. The van der Waals surface area contributed by atoms with Crippen LogP contribution in [0.15, 0.2) is 24.3 Å². The molecule has 0 fully saturated rings. The summed E-state index contributed by atoms with van der Waals surface area (Å²) in [4.78, 5) is 0. The predicted octanol–water partition coefficient (Wildman–Crippen LogP) is -0.330. The van der Waals surface area contributed by atoms with Crippen LogP contribution in [0.4, 0.5) is 0 Å². The number of hydrogen-bond acceptors (Lipinski definition) is 2. The molecule has 0 heterocycles. The summed E-state index contributed by atoms with van der Waals surface area (Å²) in [6.45, 7) is 2.06. The first-order valence-electron chi connectivity index (χ1n) is 3.52. The first-order chi connectivity index (χ1) is 5.34. The Labute approximate surface area is 91.2 Å². The van der Waals surface area contributed by atoms with E-state index in [-0.39, 0.29) is 0 Å². The van der Waals surface area contributed by atoms with Gasteiger partial charge in [0.25, 0.3) is 0 Å². The van der Waals surface area contributed by atoms with E-state index >= 15 is 0 Å². The van der Waals surface area contributed by atoms with Crippen LogP contribution < -0.4 is 3.07 Å². The zero-order valence-electron chi connectivity index (χ0n) is 6.83. The topological polar surface area (TPSA) is 18.5 Å². The van der Waals surface area contributed by atoms with Gasteiger partial charge >= 0.3 is 91.9 Å². The molecule has 4 heteroatoms. The summed E-state index contributed by atoms with van der Waals surface area (Å²) in [6.07, 6.45) is 0. The van der Waals surface area contributed by atoms with Crippen LogP contribution in [0.1, 0.15) is 5.56 Å². The predicted molar refractivity (Wildman–Crippen MR) is 51.4 cm³/mol. The van der Waals surface area contributed by atoms with Crippen LogP contribution in [0.3, 0.4) is 0 Å². The van der Waals surface area contributed by atoms with Gasteiger partial charge < -0.3 is 0 Å². The molecule has 0 saturated carbocycles. The molecular weight excluding hydrogens is 353 g/mol. The Morgan fingerprint density at radius 2 is 2.09 bits per heavy atom. The van der Waals surface area contributed by atoms with Crippen molar-refractivity contribution in [3.63, 3.8) is 0 Å². The molecule has 1 aromatic rings. The molecule has 1 aromatic carbocycles. The molecule has 0 N–H and O–H groups in total. The second kappa shape index (κ2) is 5.26. The fourth-order valence-corrected chi connectivity index (χ4v) is 4.72. The zero-order valence-corrected chi connectivity index (χ0v) is 16.6. The van der Waals surface area contributed by atoms with Crippen molar-refractivity contribution in [2.75, 3.05) is 0 Å². The van der Waals surface area contributed by atoms with E-state index in [0.717, 1.165) is 5.75 Å². The van der Waals surface area contributed by atoms with Crippen LogP contribution in [0.5, 0.6) is 5.75 Å². The summed E-state index contributed by atoms with van der Waals surface area (Å²) >= 11 is -0.910. The van der Waals surface area contributed by atoms with Crippen molar-refractivity contribution in [1.82, 2.24) is 0 Å². The number of aryl methyl sites for hydroxylation is 1. The van der Waals surface area contributed by atoms with E-state index in [4.69, 9.17) is 4.49 Å². The van der Waals surface area contributed by atoms with E-state index in [1.165, 1.54) is 5.56 Å². The number of benzene rings is 1. The summed E-state index contributed by atoms with van der Waals surface area (Å²) in [5.41, 5.74) is 1.21. The van der Waals surface area contributed by atoms with E-state index in [1.54, 1.807) is 0 Å².